The third-order valence-corrected chi connectivity index (χ3v) is 3.53. The number of anilines is 2. The fraction of sp³-hybridized carbons (Fsp3) is 0.368. The Morgan fingerprint density at radius 3 is 2.50 bits per heavy atom. The predicted molar refractivity (Wildman–Crippen MR) is 97.5 cm³/mol. The standard InChI is InChI=1S/C19H25N3O2/c1-14(2)12-19(23)22-18-9-6-16(13-21-18)20-11-10-15-4-7-17(24-3)8-5-15/h4-9,13-14,20H,10-12H2,1-3H3,(H,21,22,23). The molecule has 0 bridgehead atoms. The number of hydrogen-bond acceptors (Lipinski definition) is 4. The van der Waals surface area contributed by atoms with Gasteiger partial charge in [0.05, 0.1) is 19.0 Å². The average Bonchev–Trinajstić information content (AvgIpc) is 2.56. The number of rotatable bonds is 8. The second kappa shape index (κ2) is 8.91. The number of ether oxygens (including phenoxy) is 1. The Kier molecular flexibility index (Phi) is 6.61. The SMILES string of the molecule is COc1ccc(CCNc2ccc(NC(=O)CC(C)C)nc2)cc1. The minimum atomic E-state index is -0.00212. The van der Waals surface area contributed by atoms with Crippen LogP contribution < -0.4 is 15.4 Å². The van der Waals surface area contributed by atoms with Gasteiger partial charge in [-0.15, -0.1) is 0 Å². The Morgan fingerprint density at radius 2 is 1.92 bits per heavy atom. The molecule has 2 N–H and O–H groups in total. The maximum absolute atomic E-state index is 11.7. The van der Waals surface area contributed by atoms with Crippen LogP contribution in [0.2, 0.25) is 0 Å². The third-order valence-electron chi connectivity index (χ3n) is 3.53. The van der Waals surface area contributed by atoms with Crippen molar-refractivity contribution in [2.75, 3.05) is 24.3 Å². The van der Waals surface area contributed by atoms with E-state index in [1.54, 1.807) is 13.3 Å². The molecule has 128 valence electrons. The highest BCUT2D eigenvalue weighted by molar-refractivity contribution is 5.89. The quantitative estimate of drug-likeness (QED) is 0.775. The summed E-state index contributed by atoms with van der Waals surface area (Å²) < 4.78 is 5.15. The topological polar surface area (TPSA) is 63.2 Å². The highest BCUT2D eigenvalue weighted by Crippen LogP contribution is 2.13. The van der Waals surface area contributed by atoms with E-state index in [1.165, 1.54) is 5.56 Å². The molecule has 0 aliphatic carbocycles. The van der Waals surface area contributed by atoms with Crippen molar-refractivity contribution >= 4 is 17.4 Å². The van der Waals surface area contributed by atoms with E-state index in [2.05, 4.69) is 27.8 Å². The molecule has 0 saturated carbocycles. The van der Waals surface area contributed by atoms with Gasteiger partial charge in [0, 0.05) is 13.0 Å². The maximum atomic E-state index is 11.7. The van der Waals surface area contributed by atoms with Gasteiger partial charge in [-0.2, -0.15) is 0 Å². The van der Waals surface area contributed by atoms with Crippen molar-refractivity contribution in [3.8, 4) is 5.75 Å². The van der Waals surface area contributed by atoms with Gasteiger partial charge in [-0.3, -0.25) is 4.79 Å². The van der Waals surface area contributed by atoms with Crippen LogP contribution in [0.3, 0.4) is 0 Å². The van der Waals surface area contributed by atoms with Gasteiger partial charge in [-0.1, -0.05) is 26.0 Å². The molecule has 2 rings (SSSR count). The molecule has 0 aliphatic heterocycles. The van der Waals surface area contributed by atoms with E-state index >= 15 is 0 Å². The van der Waals surface area contributed by atoms with Crippen LogP contribution in [0.15, 0.2) is 42.6 Å². The van der Waals surface area contributed by atoms with E-state index in [-0.39, 0.29) is 5.91 Å². The molecule has 1 amide bonds. The molecule has 0 fully saturated rings. The van der Waals surface area contributed by atoms with Crippen LogP contribution in [-0.4, -0.2) is 24.5 Å². The van der Waals surface area contributed by atoms with Crippen molar-refractivity contribution in [3.63, 3.8) is 0 Å². The molecule has 0 unspecified atom stereocenters. The average molecular weight is 327 g/mol. The lowest BCUT2D eigenvalue weighted by Gasteiger charge is -2.09. The van der Waals surface area contributed by atoms with Gasteiger partial charge >= 0.3 is 0 Å². The summed E-state index contributed by atoms with van der Waals surface area (Å²) in [7, 11) is 1.67. The molecule has 5 nitrogen and oxygen atoms in total. The second-order valence-corrected chi connectivity index (χ2v) is 6.10. The van der Waals surface area contributed by atoms with Gasteiger partial charge in [-0.25, -0.2) is 4.98 Å². The first-order valence-corrected chi connectivity index (χ1v) is 8.19. The van der Waals surface area contributed by atoms with Crippen molar-refractivity contribution in [3.05, 3.63) is 48.2 Å². The first-order valence-electron chi connectivity index (χ1n) is 8.19. The summed E-state index contributed by atoms with van der Waals surface area (Å²) in [6, 6.07) is 11.8. The summed E-state index contributed by atoms with van der Waals surface area (Å²) >= 11 is 0. The minimum Gasteiger partial charge on any atom is -0.497 e. The van der Waals surface area contributed by atoms with E-state index in [1.807, 2.05) is 38.1 Å². The zero-order valence-electron chi connectivity index (χ0n) is 14.5. The van der Waals surface area contributed by atoms with E-state index in [9.17, 15) is 4.79 Å². The highest BCUT2D eigenvalue weighted by Gasteiger charge is 2.05. The van der Waals surface area contributed by atoms with Crippen LogP contribution in [0.1, 0.15) is 25.8 Å². The van der Waals surface area contributed by atoms with E-state index in [0.29, 0.717) is 18.2 Å². The molecular weight excluding hydrogens is 302 g/mol. The fourth-order valence-corrected chi connectivity index (χ4v) is 2.28. The molecule has 0 aliphatic rings. The maximum Gasteiger partial charge on any atom is 0.225 e. The van der Waals surface area contributed by atoms with Gasteiger partial charge in [0.25, 0.3) is 0 Å². The number of amides is 1. The Hall–Kier alpha value is -2.56. The van der Waals surface area contributed by atoms with Crippen LogP contribution >= 0.6 is 0 Å². The summed E-state index contributed by atoms with van der Waals surface area (Å²) in [5.74, 6) is 1.79. The van der Waals surface area contributed by atoms with E-state index in [0.717, 1.165) is 24.4 Å². The van der Waals surface area contributed by atoms with Gasteiger partial charge < -0.3 is 15.4 Å². The predicted octanol–water partition coefficient (Wildman–Crippen LogP) is 3.73. The number of methoxy groups -OCH3 is 1. The normalized spacial score (nSPS) is 10.5. The van der Waals surface area contributed by atoms with Gasteiger partial charge in [0.15, 0.2) is 0 Å². The number of benzene rings is 1. The molecule has 0 radical (unpaired) electrons. The molecule has 1 aromatic carbocycles. The molecule has 0 saturated heterocycles. The fourth-order valence-electron chi connectivity index (χ4n) is 2.28. The first kappa shape index (κ1) is 17.8. The van der Waals surface area contributed by atoms with Crippen LogP contribution in [0.5, 0.6) is 5.75 Å². The third kappa shape index (κ3) is 5.91. The Labute approximate surface area is 143 Å². The van der Waals surface area contributed by atoms with Crippen molar-refractivity contribution in [2.24, 2.45) is 5.92 Å². The lowest BCUT2D eigenvalue weighted by atomic mass is 10.1. The molecule has 1 aromatic heterocycles. The monoisotopic (exact) mass is 327 g/mol. The van der Waals surface area contributed by atoms with Gasteiger partial charge in [-0.05, 0) is 42.2 Å². The molecule has 5 heteroatoms. The lowest BCUT2D eigenvalue weighted by Crippen LogP contribution is -2.14. The summed E-state index contributed by atoms with van der Waals surface area (Å²) in [6.07, 6.45) is 3.15. The molecule has 0 atom stereocenters. The smallest absolute Gasteiger partial charge is 0.225 e. The number of nitrogens with one attached hydrogen (secondary N) is 2. The largest absolute Gasteiger partial charge is 0.497 e. The van der Waals surface area contributed by atoms with Crippen LogP contribution in [0.25, 0.3) is 0 Å². The minimum absolute atomic E-state index is 0.00212. The lowest BCUT2D eigenvalue weighted by molar-refractivity contribution is -0.116. The number of carbonyl (C=O) groups is 1. The zero-order chi connectivity index (χ0) is 17.4. The van der Waals surface area contributed by atoms with Crippen LogP contribution in [0.4, 0.5) is 11.5 Å². The number of pyridine rings is 1. The van der Waals surface area contributed by atoms with Gasteiger partial charge in [0.1, 0.15) is 11.6 Å². The number of hydrogen-bond donors (Lipinski definition) is 2. The molecule has 1 heterocycles. The summed E-state index contributed by atoms with van der Waals surface area (Å²) in [4.78, 5) is 16.0. The van der Waals surface area contributed by atoms with Crippen molar-refractivity contribution in [2.45, 2.75) is 26.7 Å². The number of carbonyl (C=O) groups excluding carboxylic acids is 1. The first-order chi connectivity index (χ1) is 11.6. The molecule has 24 heavy (non-hydrogen) atoms. The van der Waals surface area contributed by atoms with Gasteiger partial charge in [0.2, 0.25) is 5.91 Å². The second-order valence-electron chi connectivity index (χ2n) is 6.10. The van der Waals surface area contributed by atoms with Crippen LogP contribution in [-0.2, 0) is 11.2 Å². The van der Waals surface area contributed by atoms with E-state index < -0.39 is 0 Å². The molecule has 2 aromatic rings. The molecule has 0 spiro atoms. The van der Waals surface area contributed by atoms with Crippen molar-refractivity contribution < 1.29 is 9.53 Å². The zero-order valence-corrected chi connectivity index (χ0v) is 14.5. The highest BCUT2D eigenvalue weighted by atomic mass is 16.5. The Morgan fingerprint density at radius 1 is 1.17 bits per heavy atom. The summed E-state index contributed by atoms with van der Waals surface area (Å²) in [6.45, 7) is 4.85. The summed E-state index contributed by atoms with van der Waals surface area (Å²) in [5.41, 5.74) is 2.18. The number of aromatic nitrogens is 1. The Balaban J connectivity index is 1.77. The number of nitrogens with zero attached hydrogens (tertiary/aromatic N) is 1. The molecular formula is C19H25N3O2. The van der Waals surface area contributed by atoms with Crippen molar-refractivity contribution in [1.82, 2.24) is 4.98 Å². The Bertz CT molecular complexity index is 637. The van der Waals surface area contributed by atoms with E-state index in [4.69, 9.17) is 4.74 Å². The van der Waals surface area contributed by atoms with Crippen molar-refractivity contribution in [1.29, 1.82) is 0 Å². The summed E-state index contributed by atoms with van der Waals surface area (Å²) in [5, 5.41) is 6.13. The van der Waals surface area contributed by atoms with Crippen LogP contribution in [0, 0.1) is 5.92 Å².